The number of carbonyl (C=O) groups excluding carboxylic acids is 1. The van der Waals surface area contributed by atoms with Gasteiger partial charge in [0.2, 0.25) is 0 Å². The van der Waals surface area contributed by atoms with Crippen LogP contribution in [0, 0.1) is 5.92 Å². The molecule has 21 heavy (non-hydrogen) atoms. The average Bonchev–Trinajstić information content (AvgIpc) is 2.86. The third-order valence-corrected chi connectivity index (χ3v) is 3.42. The van der Waals surface area contributed by atoms with Gasteiger partial charge >= 0.3 is 6.18 Å². The topological polar surface area (TPSA) is 68.4 Å². The monoisotopic (exact) mass is 303 g/mol. The molecule has 116 valence electrons. The molecule has 1 unspecified atom stereocenters. The van der Waals surface area contributed by atoms with E-state index in [1.54, 1.807) is 12.0 Å². The maximum absolute atomic E-state index is 12.8. The second-order valence-electron chi connectivity index (χ2n) is 4.99. The van der Waals surface area contributed by atoms with Crippen LogP contribution in [0.15, 0.2) is 12.1 Å². The Hall–Kier alpha value is -1.83. The largest absolute Gasteiger partial charge is 0.433 e. The van der Waals surface area contributed by atoms with Gasteiger partial charge in [-0.2, -0.15) is 13.2 Å². The van der Waals surface area contributed by atoms with Gasteiger partial charge in [-0.3, -0.25) is 4.79 Å². The number of carbonyl (C=O) groups is 1. The highest BCUT2D eigenvalue weighted by atomic mass is 19.4. The van der Waals surface area contributed by atoms with Crippen molar-refractivity contribution in [3.05, 3.63) is 23.4 Å². The van der Waals surface area contributed by atoms with E-state index in [9.17, 15) is 18.0 Å². The Bertz CT molecular complexity index is 534. The van der Waals surface area contributed by atoms with Gasteiger partial charge in [-0.05, 0) is 18.6 Å². The Balaban J connectivity index is 2.34. The molecular weight excluding hydrogens is 287 g/mol. The fourth-order valence-corrected chi connectivity index (χ4v) is 2.44. The van der Waals surface area contributed by atoms with E-state index < -0.39 is 17.8 Å². The van der Waals surface area contributed by atoms with Crippen LogP contribution in [0.3, 0.4) is 0 Å². The number of hydrogen-bond acceptors (Lipinski definition) is 4. The van der Waals surface area contributed by atoms with E-state index in [1.807, 2.05) is 0 Å². The van der Waals surface area contributed by atoms with Crippen molar-refractivity contribution in [1.29, 1.82) is 0 Å². The number of halogens is 3. The molecular formula is C13H16F3N3O2. The number of alkyl halides is 3. The van der Waals surface area contributed by atoms with E-state index in [4.69, 9.17) is 10.5 Å². The molecule has 1 amide bonds. The number of hydrogen-bond donors (Lipinski definition) is 1. The summed E-state index contributed by atoms with van der Waals surface area (Å²) in [6, 6.07) is 1.85. The average molecular weight is 303 g/mol. The first-order chi connectivity index (χ1) is 9.82. The number of pyridine rings is 1. The SMILES string of the molecule is COCC1CCN(c2nc(C(F)(F)F)ccc2C(N)=O)C1. The molecule has 2 rings (SSSR count). The Morgan fingerprint density at radius 2 is 2.24 bits per heavy atom. The van der Waals surface area contributed by atoms with Crippen LogP contribution in [0.25, 0.3) is 0 Å². The normalized spacial score (nSPS) is 19.0. The zero-order valence-electron chi connectivity index (χ0n) is 11.5. The standard InChI is InChI=1S/C13H16F3N3O2/c1-21-7-8-4-5-19(6-8)12-9(11(17)20)2-3-10(18-12)13(14,15)16/h2-3,8H,4-7H2,1H3,(H2,17,20). The quantitative estimate of drug-likeness (QED) is 0.918. The predicted octanol–water partition coefficient (Wildman–Crippen LogP) is 1.67. The molecule has 0 spiro atoms. The number of nitrogens with two attached hydrogens (primary N) is 1. The molecule has 2 N–H and O–H groups in total. The smallest absolute Gasteiger partial charge is 0.384 e. The van der Waals surface area contributed by atoms with Crippen molar-refractivity contribution in [2.24, 2.45) is 11.7 Å². The molecule has 1 aliphatic heterocycles. The molecule has 0 radical (unpaired) electrons. The highest BCUT2D eigenvalue weighted by molar-refractivity contribution is 5.97. The van der Waals surface area contributed by atoms with Gasteiger partial charge in [-0.1, -0.05) is 0 Å². The second-order valence-corrected chi connectivity index (χ2v) is 4.99. The van der Waals surface area contributed by atoms with Crippen molar-refractivity contribution in [1.82, 2.24) is 4.98 Å². The van der Waals surface area contributed by atoms with Gasteiger partial charge in [0.15, 0.2) is 0 Å². The van der Waals surface area contributed by atoms with Crippen LogP contribution >= 0.6 is 0 Å². The van der Waals surface area contributed by atoms with E-state index in [1.165, 1.54) is 0 Å². The lowest BCUT2D eigenvalue weighted by Gasteiger charge is -2.21. The summed E-state index contributed by atoms with van der Waals surface area (Å²) >= 11 is 0. The van der Waals surface area contributed by atoms with Crippen LogP contribution < -0.4 is 10.6 Å². The van der Waals surface area contributed by atoms with Gasteiger partial charge in [-0.25, -0.2) is 4.98 Å². The number of amides is 1. The second kappa shape index (κ2) is 5.88. The van der Waals surface area contributed by atoms with E-state index in [-0.39, 0.29) is 17.3 Å². The molecule has 1 fully saturated rings. The number of ether oxygens (including phenoxy) is 1. The molecule has 5 nitrogen and oxygen atoms in total. The Labute approximate surface area is 119 Å². The molecule has 2 heterocycles. The summed E-state index contributed by atoms with van der Waals surface area (Å²) in [6.45, 7) is 1.52. The number of anilines is 1. The van der Waals surface area contributed by atoms with Crippen molar-refractivity contribution in [2.75, 3.05) is 31.7 Å². The molecule has 1 aromatic rings. The Kier molecular flexibility index (Phi) is 4.36. The highest BCUT2D eigenvalue weighted by Crippen LogP contribution is 2.32. The molecule has 1 saturated heterocycles. The van der Waals surface area contributed by atoms with Gasteiger partial charge in [0.25, 0.3) is 5.91 Å². The molecule has 1 atom stereocenters. The summed E-state index contributed by atoms with van der Waals surface area (Å²) in [5.74, 6) is -0.593. The van der Waals surface area contributed by atoms with Crippen molar-refractivity contribution in [3.8, 4) is 0 Å². The van der Waals surface area contributed by atoms with Crippen molar-refractivity contribution >= 4 is 11.7 Å². The number of primary amides is 1. The van der Waals surface area contributed by atoms with E-state index >= 15 is 0 Å². The number of methoxy groups -OCH3 is 1. The van der Waals surface area contributed by atoms with Crippen LogP contribution in [0.2, 0.25) is 0 Å². The fourth-order valence-electron chi connectivity index (χ4n) is 2.44. The van der Waals surface area contributed by atoms with Crippen LogP contribution in [-0.4, -0.2) is 37.7 Å². The first kappa shape index (κ1) is 15.6. The maximum Gasteiger partial charge on any atom is 0.433 e. The third kappa shape index (κ3) is 3.44. The lowest BCUT2D eigenvalue weighted by atomic mass is 10.1. The minimum atomic E-state index is -4.56. The zero-order valence-corrected chi connectivity index (χ0v) is 11.5. The lowest BCUT2D eigenvalue weighted by molar-refractivity contribution is -0.141. The lowest BCUT2D eigenvalue weighted by Crippen LogP contribution is -2.27. The van der Waals surface area contributed by atoms with Gasteiger partial charge in [-0.15, -0.1) is 0 Å². The van der Waals surface area contributed by atoms with Crippen LogP contribution in [0.5, 0.6) is 0 Å². The summed E-state index contributed by atoms with van der Waals surface area (Å²) in [7, 11) is 1.57. The first-order valence-electron chi connectivity index (χ1n) is 6.45. The van der Waals surface area contributed by atoms with Gasteiger partial charge in [0.05, 0.1) is 12.2 Å². The van der Waals surface area contributed by atoms with E-state index in [0.717, 1.165) is 18.6 Å². The molecule has 0 bridgehead atoms. The summed E-state index contributed by atoms with van der Waals surface area (Å²) in [5.41, 5.74) is 4.19. The highest BCUT2D eigenvalue weighted by Gasteiger charge is 2.35. The summed E-state index contributed by atoms with van der Waals surface area (Å²) in [6.07, 6.45) is -3.79. The summed E-state index contributed by atoms with van der Waals surface area (Å²) in [4.78, 5) is 16.6. The predicted molar refractivity (Wildman–Crippen MR) is 70.0 cm³/mol. The Morgan fingerprint density at radius 1 is 1.52 bits per heavy atom. The van der Waals surface area contributed by atoms with Gasteiger partial charge < -0.3 is 15.4 Å². The minimum absolute atomic E-state index is 0.000988. The summed E-state index contributed by atoms with van der Waals surface area (Å²) < 4.78 is 43.4. The van der Waals surface area contributed by atoms with E-state index in [2.05, 4.69) is 4.98 Å². The van der Waals surface area contributed by atoms with Crippen molar-refractivity contribution in [3.63, 3.8) is 0 Å². The fraction of sp³-hybridized carbons (Fsp3) is 0.538. The molecule has 1 aromatic heterocycles. The summed E-state index contributed by atoms with van der Waals surface area (Å²) in [5, 5.41) is 0. The third-order valence-electron chi connectivity index (χ3n) is 3.42. The number of nitrogens with zero attached hydrogens (tertiary/aromatic N) is 2. The molecule has 0 aliphatic carbocycles. The van der Waals surface area contributed by atoms with Crippen molar-refractivity contribution < 1.29 is 22.7 Å². The molecule has 0 saturated carbocycles. The van der Waals surface area contributed by atoms with Crippen LogP contribution in [0.1, 0.15) is 22.5 Å². The molecule has 8 heteroatoms. The number of aromatic nitrogens is 1. The van der Waals surface area contributed by atoms with Gasteiger partial charge in [0, 0.05) is 26.1 Å². The van der Waals surface area contributed by atoms with Crippen LogP contribution in [0.4, 0.5) is 19.0 Å². The van der Waals surface area contributed by atoms with Crippen LogP contribution in [-0.2, 0) is 10.9 Å². The Morgan fingerprint density at radius 3 is 2.81 bits per heavy atom. The minimum Gasteiger partial charge on any atom is -0.384 e. The molecule has 0 aromatic carbocycles. The van der Waals surface area contributed by atoms with Gasteiger partial charge in [0.1, 0.15) is 11.5 Å². The maximum atomic E-state index is 12.8. The van der Waals surface area contributed by atoms with E-state index in [0.29, 0.717) is 19.7 Å². The molecule has 1 aliphatic rings. The first-order valence-corrected chi connectivity index (χ1v) is 6.45. The van der Waals surface area contributed by atoms with Crippen molar-refractivity contribution in [2.45, 2.75) is 12.6 Å². The zero-order chi connectivity index (χ0) is 15.6. The number of rotatable bonds is 4.